The normalized spacial score (nSPS) is 16.9. The average molecular weight is 359 g/mol. The molecule has 0 aliphatic carbocycles. The Morgan fingerprint density at radius 3 is 1.77 bits per heavy atom. The summed E-state index contributed by atoms with van der Waals surface area (Å²) < 4.78 is -1.60. The second-order valence-corrected chi connectivity index (χ2v) is 6.03. The van der Waals surface area contributed by atoms with Crippen molar-refractivity contribution >= 4 is 33.8 Å². The fourth-order valence-electron chi connectivity index (χ4n) is 2.30. The predicted molar refractivity (Wildman–Crippen MR) is 84.2 cm³/mol. The fraction of sp³-hybridized carbons (Fsp3) is 0.0625. The maximum Gasteiger partial charge on any atom is 0.328 e. The molecule has 0 saturated carbocycles. The highest BCUT2D eigenvalue weighted by atomic mass is 79.9. The summed E-state index contributed by atoms with van der Waals surface area (Å²) in [4.78, 5) is 35.3. The van der Waals surface area contributed by atoms with Crippen molar-refractivity contribution in [1.82, 2.24) is 10.6 Å². The average Bonchev–Trinajstić information content (AvgIpc) is 2.53. The molecule has 1 heterocycles. The van der Waals surface area contributed by atoms with Crippen molar-refractivity contribution in [2.45, 2.75) is 4.32 Å². The quantitative estimate of drug-likeness (QED) is 0.638. The molecule has 0 bridgehead atoms. The van der Waals surface area contributed by atoms with Gasteiger partial charge in [0.25, 0.3) is 11.8 Å². The number of alkyl halides is 1. The third-order valence-corrected chi connectivity index (χ3v) is 4.65. The first-order valence-corrected chi connectivity index (χ1v) is 7.33. The minimum absolute atomic E-state index is 0.453. The van der Waals surface area contributed by atoms with Crippen LogP contribution in [-0.4, -0.2) is 17.8 Å². The zero-order valence-corrected chi connectivity index (χ0v) is 12.9. The van der Waals surface area contributed by atoms with Crippen LogP contribution in [0.1, 0.15) is 5.56 Å². The van der Waals surface area contributed by atoms with Gasteiger partial charge < -0.3 is 0 Å². The molecular formula is C16H11BrN2O3. The molecule has 2 aromatic carbocycles. The van der Waals surface area contributed by atoms with Crippen LogP contribution in [0.3, 0.4) is 0 Å². The number of imide groups is 2. The van der Waals surface area contributed by atoms with Gasteiger partial charge in [0, 0.05) is 0 Å². The number of barbiturate groups is 1. The van der Waals surface area contributed by atoms with E-state index in [1.165, 1.54) is 0 Å². The first-order chi connectivity index (χ1) is 10.5. The lowest BCUT2D eigenvalue weighted by atomic mass is 9.93. The zero-order chi connectivity index (χ0) is 15.7. The van der Waals surface area contributed by atoms with Gasteiger partial charge in [0.2, 0.25) is 4.32 Å². The van der Waals surface area contributed by atoms with Gasteiger partial charge in [0.05, 0.1) is 0 Å². The van der Waals surface area contributed by atoms with E-state index in [1.807, 2.05) is 42.5 Å². The first-order valence-electron chi connectivity index (χ1n) is 6.53. The van der Waals surface area contributed by atoms with Crippen LogP contribution in [0.5, 0.6) is 0 Å². The molecule has 2 N–H and O–H groups in total. The van der Waals surface area contributed by atoms with E-state index in [0.29, 0.717) is 5.56 Å². The van der Waals surface area contributed by atoms with E-state index < -0.39 is 22.2 Å². The van der Waals surface area contributed by atoms with Gasteiger partial charge in [0.1, 0.15) is 0 Å². The van der Waals surface area contributed by atoms with E-state index in [0.717, 1.165) is 11.1 Å². The van der Waals surface area contributed by atoms with Crippen molar-refractivity contribution in [3.63, 3.8) is 0 Å². The first kappa shape index (κ1) is 14.5. The number of urea groups is 1. The summed E-state index contributed by atoms with van der Waals surface area (Å²) in [5.74, 6) is -1.40. The number of benzene rings is 2. The molecule has 1 fully saturated rings. The van der Waals surface area contributed by atoms with Crippen LogP contribution in [0, 0.1) is 0 Å². The van der Waals surface area contributed by atoms with Crippen LogP contribution in [0.15, 0.2) is 54.6 Å². The van der Waals surface area contributed by atoms with E-state index in [-0.39, 0.29) is 0 Å². The van der Waals surface area contributed by atoms with Crippen molar-refractivity contribution in [2.24, 2.45) is 0 Å². The van der Waals surface area contributed by atoms with Gasteiger partial charge in [-0.25, -0.2) is 4.79 Å². The highest BCUT2D eigenvalue weighted by Crippen LogP contribution is 2.34. The summed E-state index contributed by atoms with van der Waals surface area (Å²) in [7, 11) is 0. The number of carbonyl (C=O) groups is 3. The van der Waals surface area contributed by atoms with Crippen molar-refractivity contribution in [3.8, 4) is 11.1 Å². The standard InChI is InChI=1S/C16H11BrN2O3/c17-16(13(20)18-15(22)19-14(16)21)12-8-6-11(7-9-12)10-4-2-1-3-5-10/h1-9H,(H2,18,19,20,21,22). The maximum absolute atomic E-state index is 12.1. The molecule has 0 unspecified atom stereocenters. The fourth-order valence-corrected chi connectivity index (χ4v) is 2.76. The lowest BCUT2D eigenvalue weighted by Gasteiger charge is -2.29. The number of hydrogen-bond donors (Lipinski definition) is 2. The van der Waals surface area contributed by atoms with E-state index >= 15 is 0 Å². The van der Waals surface area contributed by atoms with Gasteiger partial charge in [-0.2, -0.15) is 0 Å². The summed E-state index contributed by atoms with van der Waals surface area (Å²) in [5.41, 5.74) is 2.45. The van der Waals surface area contributed by atoms with E-state index in [9.17, 15) is 14.4 Å². The topological polar surface area (TPSA) is 75.3 Å². The molecule has 2 aromatic rings. The molecule has 5 nitrogen and oxygen atoms in total. The molecule has 110 valence electrons. The van der Waals surface area contributed by atoms with Gasteiger partial charge in [0.15, 0.2) is 0 Å². The van der Waals surface area contributed by atoms with E-state index in [4.69, 9.17) is 0 Å². The summed E-state index contributed by atoms with van der Waals surface area (Å²) in [6.45, 7) is 0. The summed E-state index contributed by atoms with van der Waals surface area (Å²) in [5, 5.41) is 4.18. The van der Waals surface area contributed by atoms with E-state index in [2.05, 4.69) is 26.6 Å². The molecule has 3 rings (SSSR count). The van der Waals surface area contributed by atoms with Crippen LogP contribution in [0.4, 0.5) is 4.79 Å². The van der Waals surface area contributed by atoms with Crippen molar-refractivity contribution in [3.05, 3.63) is 60.2 Å². The molecule has 22 heavy (non-hydrogen) atoms. The Bertz CT molecular complexity index is 737. The Morgan fingerprint density at radius 1 is 0.727 bits per heavy atom. The molecule has 0 radical (unpaired) electrons. The Hall–Kier alpha value is -2.47. The molecule has 6 heteroatoms. The molecular weight excluding hydrogens is 348 g/mol. The summed E-state index contributed by atoms with van der Waals surface area (Å²) in [6.07, 6.45) is 0. The Morgan fingerprint density at radius 2 is 1.23 bits per heavy atom. The minimum atomic E-state index is -1.60. The number of hydrogen-bond acceptors (Lipinski definition) is 3. The van der Waals surface area contributed by atoms with Crippen LogP contribution in [0.2, 0.25) is 0 Å². The molecule has 1 aliphatic heterocycles. The molecule has 1 aliphatic rings. The monoisotopic (exact) mass is 358 g/mol. The van der Waals surface area contributed by atoms with Crippen molar-refractivity contribution < 1.29 is 14.4 Å². The third kappa shape index (κ3) is 2.31. The lowest BCUT2D eigenvalue weighted by molar-refractivity contribution is -0.133. The van der Waals surface area contributed by atoms with Crippen LogP contribution >= 0.6 is 15.9 Å². The maximum atomic E-state index is 12.1. The number of carbonyl (C=O) groups excluding carboxylic acids is 3. The van der Waals surface area contributed by atoms with Gasteiger partial charge in [-0.1, -0.05) is 70.5 Å². The molecule has 1 saturated heterocycles. The van der Waals surface area contributed by atoms with Gasteiger partial charge >= 0.3 is 6.03 Å². The molecule has 0 atom stereocenters. The van der Waals surface area contributed by atoms with Gasteiger partial charge in [-0.05, 0) is 16.7 Å². The van der Waals surface area contributed by atoms with Gasteiger partial charge in [-0.15, -0.1) is 0 Å². The molecule has 0 aromatic heterocycles. The molecule has 4 amide bonds. The van der Waals surface area contributed by atoms with Crippen LogP contribution < -0.4 is 10.6 Å². The SMILES string of the molecule is O=C1NC(=O)C(Br)(c2ccc(-c3ccccc3)cc2)C(=O)N1. The Balaban J connectivity index is 1.97. The summed E-state index contributed by atoms with van der Waals surface area (Å²) in [6, 6.07) is 15.9. The number of rotatable bonds is 2. The second-order valence-electron chi connectivity index (χ2n) is 4.84. The zero-order valence-electron chi connectivity index (χ0n) is 11.3. The Labute approximate surface area is 134 Å². The smallest absolute Gasteiger partial charge is 0.276 e. The summed E-state index contributed by atoms with van der Waals surface area (Å²) >= 11 is 3.17. The van der Waals surface area contributed by atoms with E-state index in [1.54, 1.807) is 12.1 Å². The second kappa shape index (κ2) is 5.38. The number of amides is 4. The minimum Gasteiger partial charge on any atom is -0.276 e. The van der Waals surface area contributed by atoms with Crippen molar-refractivity contribution in [1.29, 1.82) is 0 Å². The number of halogens is 1. The highest BCUT2D eigenvalue weighted by Gasteiger charge is 2.49. The highest BCUT2D eigenvalue weighted by molar-refractivity contribution is 9.10. The Kier molecular flexibility index (Phi) is 3.54. The predicted octanol–water partition coefficient (Wildman–Crippen LogP) is 2.31. The molecule has 0 spiro atoms. The number of nitrogens with one attached hydrogen (secondary N) is 2. The van der Waals surface area contributed by atoms with Crippen molar-refractivity contribution in [2.75, 3.05) is 0 Å². The largest absolute Gasteiger partial charge is 0.328 e. The van der Waals surface area contributed by atoms with Crippen LogP contribution in [-0.2, 0) is 13.9 Å². The van der Waals surface area contributed by atoms with Crippen LogP contribution in [0.25, 0.3) is 11.1 Å². The lowest BCUT2D eigenvalue weighted by Crippen LogP contribution is -2.62. The third-order valence-electron chi connectivity index (χ3n) is 3.47. The van der Waals surface area contributed by atoms with Gasteiger partial charge in [-0.3, -0.25) is 20.2 Å².